The van der Waals surface area contributed by atoms with Gasteiger partial charge in [-0.25, -0.2) is 13.8 Å². The lowest BCUT2D eigenvalue weighted by molar-refractivity contribution is 0.524. The van der Waals surface area contributed by atoms with Crippen LogP contribution in [0.5, 0.6) is 0 Å². The van der Waals surface area contributed by atoms with E-state index in [9.17, 15) is 8.78 Å². The fourth-order valence-corrected chi connectivity index (χ4v) is 3.28. The molecule has 1 aromatic heterocycles. The van der Waals surface area contributed by atoms with Crippen LogP contribution in [0.2, 0.25) is 0 Å². The van der Waals surface area contributed by atoms with Gasteiger partial charge in [-0.15, -0.1) is 11.3 Å². The molecule has 0 spiro atoms. The van der Waals surface area contributed by atoms with E-state index in [0.29, 0.717) is 12.0 Å². The van der Waals surface area contributed by atoms with Crippen molar-refractivity contribution < 1.29 is 8.78 Å². The highest BCUT2D eigenvalue weighted by Gasteiger charge is 2.19. The summed E-state index contributed by atoms with van der Waals surface area (Å²) in [6.07, 6.45) is 0.489. The molecule has 1 atom stereocenters. The monoisotopic (exact) mass is 296 g/mol. The van der Waals surface area contributed by atoms with Crippen LogP contribution < -0.4 is 5.32 Å². The number of rotatable bonds is 5. The quantitative estimate of drug-likeness (QED) is 0.904. The van der Waals surface area contributed by atoms with Crippen molar-refractivity contribution in [1.82, 2.24) is 10.3 Å². The molecule has 0 saturated heterocycles. The number of hydrogen-bond donors (Lipinski definition) is 1. The summed E-state index contributed by atoms with van der Waals surface area (Å²) >= 11 is 1.62. The van der Waals surface area contributed by atoms with Crippen LogP contribution >= 0.6 is 11.3 Å². The number of likely N-dealkylation sites (N-methyl/N-ethyl adjacent to an activating group) is 1. The van der Waals surface area contributed by atoms with Crippen molar-refractivity contribution in [1.29, 1.82) is 0 Å². The Bertz CT molecular complexity index is 596. The highest BCUT2D eigenvalue weighted by Crippen LogP contribution is 2.28. The Kier molecular flexibility index (Phi) is 4.83. The summed E-state index contributed by atoms with van der Waals surface area (Å²) in [5.74, 6) is -1.04. The smallest absolute Gasteiger partial charge is 0.129 e. The number of aryl methyl sites for hydroxylation is 2. The zero-order chi connectivity index (χ0) is 14.7. The van der Waals surface area contributed by atoms with Gasteiger partial charge >= 0.3 is 0 Å². The minimum absolute atomic E-state index is 0.00570. The normalized spacial score (nSPS) is 12.7. The van der Waals surface area contributed by atoms with E-state index in [2.05, 4.69) is 10.3 Å². The summed E-state index contributed by atoms with van der Waals surface area (Å²) in [6.45, 7) is 6.72. The maximum atomic E-state index is 13.8. The van der Waals surface area contributed by atoms with Gasteiger partial charge in [-0.3, -0.25) is 0 Å². The van der Waals surface area contributed by atoms with Gasteiger partial charge in [-0.2, -0.15) is 0 Å². The van der Waals surface area contributed by atoms with Crippen molar-refractivity contribution in [3.8, 4) is 0 Å². The highest BCUT2D eigenvalue weighted by atomic mass is 32.1. The van der Waals surface area contributed by atoms with E-state index in [1.807, 2.05) is 20.8 Å². The number of halogens is 2. The van der Waals surface area contributed by atoms with Gasteiger partial charge < -0.3 is 5.32 Å². The molecule has 5 heteroatoms. The third kappa shape index (κ3) is 3.41. The maximum absolute atomic E-state index is 13.8. The highest BCUT2D eigenvalue weighted by molar-refractivity contribution is 7.11. The summed E-state index contributed by atoms with van der Waals surface area (Å²) in [5, 5.41) is 4.35. The van der Waals surface area contributed by atoms with Gasteiger partial charge in [0.2, 0.25) is 0 Å². The van der Waals surface area contributed by atoms with Crippen LogP contribution in [0.4, 0.5) is 8.78 Å². The van der Waals surface area contributed by atoms with Gasteiger partial charge in [0.1, 0.15) is 11.6 Å². The molecule has 0 amide bonds. The molecule has 2 nitrogen and oxygen atoms in total. The van der Waals surface area contributed by atoms with Crippen LogP contribution in [-0.2, 0) is 6.42 Å². The molecule has 0 aliphatic heterocycles. The van der Waals surface area contributed by atoms with Crippen LogP contribution in [0.3, 0.4) is 0 Å². The Morgan fingerprint density at radius 1 is 1.30 bits per heavy atom. The molecular formula is C15H18F2N2S. The van der Waals surface area contributed by atoms with Crippen molar-refractivity contribution in [2.75, 3.05) is 6.54 Å². The fourth-order valence-electron chi connectivity index (χ4n) is 2.28. The first-order chi connectivity index (χ1) is 9.51. The van der Waals surface area contributed by atoms with E-state index in [-0.39, 0.29) is 6.04 Å². The lowest BCUT2D eigenvalue weighted by Crippen LogP contribution is -2.23. The van der Waals surface area contributed by atoms with Gasteiger partial charge in [-0.05, 0) is 38.4 Å². The molecule has 0 radical (unpaired) electrons. The Labute approximate surface area is 121 Å². The zero-order valence-corrected chi connectivity index (χ0v) is 12.7. The molecule has 2 aromatic rings. The van der Waals surface area contributed by atoms with Gasteiger partial charge in [0, 0.05) is 17.0 Å². The summed E-state index contributed by atoms with van der Waals surface area (Å²) < 4.78 is 26.8. The molecule has 0 aliphatic rings. The second-order valence-corrected chi connectivity index (χ2v) is 5.97. The first-order valence-corrected chi connectivity index (χ1v) is 7.44. The average molecular weight is 296 g/mol. The standard InChI is InChI=1S/C15H18F2N2S/c1-4-18-14(15-9(2)19-10(3)20-15)7-11-5-6-12(16)8-13(11)17/h5-6,8,14,18H,4,7H2,1-3H3. The van der Waals surface area contributed by atoms with Crippen molar-refractivity contribution in [2.45, 2.75) is 33.2 Å². The molecule has 2 rings (SSSR count). The molecule has 0 bridgehead atoms. The summed E-state index contributed by atoms with van der Waals surface area (Å²) in [5.41, 5.74) is 1.49. The van der Waals surface area contributed by atoms with Crippen LogP contribution in [0.15, 0.2) is 18.2 Å². The van der Waals surface area contributed by atoms with E-state index in [0.717, 1.165) is 28.2 Å². The molecule has 1 heterocycles. The van der Waals surface area contributed by atoms with Crippen LogP contribution in [0, 0.1) is 25.5 Å². The van der Waals surface area contributed by atoms with Crippen molar-refractivity contribution in [3.05, 3.63) is 51.0 Å². The number of nitrogens with zero attached hydrogens (tertiary/aromatic N) is 1. The number of hydrogen-bond acceptors (Lipinski definition) is 3. The van der Waals surface area contributed by atoms with Crippen molar-refractivity contribution in [2.24, 2.45) is 0 Å². The number of aromatic nitrogens is 1. The number of nitrogens with one attached hydrogen (secondary N) is 1. The SMILES string of the molecule is CCNC(Cc1ccc(F)cc1F)c1sc(C)nc1C. The summed E-state index contributed by atoms with van der Waals surface area (Å²) in [4.78, 5) is 5.54. The van der Waals surface area contributed by atoms with Crippen molar-refractivity contribution in [3.63, 3.8) is 0 Å². The Morgan fingerprint density at radius 3 is 2.60 bits per heavy atom. The molecule has 0 saturated carbocycles. The van der Waals surface area contributed by atoms with Crippen molar-refractivity contribution >= 4 is 11.3 Å². The van der Waals surface area contributed by atoms with Crippen LogP contribution in [-0.4, -0.2) is 11.5 Å². The lowest BCUT2D eigenvalue weighted by atomic mass is 10.0. The maximum Gasteiger partial charge on any atom is 0.129 e. The first-order valence-electron chi connectivity index (χ1n) is 6.62. The Morgan fingerprint density at radius 2 is 2.05 bits per heavy atom. The average Bonchev–Trinajstić information content (AvgIpc) is 2.71. The Balaban J connectivity index is 2.27. The molecule has 108 valence electrons. The second kappa shape index (κ2) is 6.41. The molecule has 1 aromatic carbocycles. The molecule has 0 fully saturated rings. The second-order valence-electron chi connectivity index (χ2n) is 4.73. The topological polar surface area (TPSA) is 24.9 Å². The minimum atomic E-state index is -0.545. The van der Waals surface area contributed by atoms with Crippen LogP contribution in [0.1, 0.15) is 34.1 Å². The van der Waals surface area contributed by atoms with E-state index in [1.54, 1.807) is 11.3 Å². The van der Waals surface area contributed by atoms with Gasteiger partial charge in [0.15, 0.2) is 0 Å². The van der Waals surface area contributed by atoms with Crippen LogP contribution in [0.25, 0.3) is 0 Å². The molecule has 0 aliphatic carbocycles. The van der Waals surface area contributed by atoms with Gasteiger partial charge in [0.25, 0.3) is 0 Å². The van der Waals surface area contributed by atoms with E-state index < -0.39 is 11.6 Å². The first kappa shape index (κ1) is 15.1. The summed E-state index contributed by atoms with van der Waals surface area (Å²) in [7, 11) is 0. The largest absolute Gasteiger partial charge is 0.309 e. The molecule has 20 heavy (non-hydrogen) atoms. The predicted molar refractivity (Wildman–Crippen MR) is 78.1 cm³/mol. The van der Waals surface area contributed by atoms with E-state index in [4.69, 9.17) is 0 Å². The molecule has 1 N–H and O–H groups in total. The van der Waals surface area contributed by atoms with E-state index in [1.165, 1.54) is 12.1 Å². The molecular weight excluding hydrogens is 278 g/mol. The minimum Gasteiger partial charge on any atom is -0.309 e. The predicted octanol–water partition coefficient (Wildman–Crippen LogP) is 3.93. The fraction of sp³-hybridized carbons (Fsp3) is 0.400. The molecule has 1 unspecified atom stereocenters. The zero-order valence-electron chi connectivity index (χ0n) is 11.8. The third-order valence-electron chi connectivity index (χ3n) is 3.15. The summed E-state index contributed by atoms with van der Waals surface area (Å²) in [6, 6.07) is 3.75. The number of benzene rings is 1. The number of thiazole rings is 1. The Hall–Kier alpha value is -1.33. The van der Waals surface area contributed by atoms with Gasteiger partial charge in [-0.1, -0.05) is 13.0 Å². The lowest BCUT2D eigenvalue weighted by Gasteiger charge is -2.17. The van der Waals surface area contributed by atoms with Gasteiger partial charge in [0.05, 0.1) is 10.7 Å². The third-order valence-corrected chi connectivity index (χ3v) is 4.33. The van der Waals surface area contributed by atoms with E-state index >= 15 is 0 Å².